The highest BCUT2D eigenvalue weighted by Gasteiger charge is 2.16. The van der Waals surface area contributed by atoms with Crippen LogP contribution in [0.3, 0.4) is 0 Å². The summed E-state index contributed by atoms with van der Waals surface area (Å²) in [4.78, 5) is 0.218. The van der Waals surface area contributed by atoms with Crippen molar-refractivity contribution < 1.29 is 8.42 Å². The molecule has 0 aliphatic rings. The fourth-order valence-corrected chi connectivity index (χ4v) is 3.91. The summed E-state index contributed by atoms with van der Waals surface area (Å²) < 4.78 is 29.4. The van der Waals surface area contributed by atoms with Gasteiger partial charge in [-0.15, -0.1) is 0 Å². The molecule has 1 N–H and O–H groups in total. The zero-order valence-corrected chi connectivity index (χ0v) is 16.8. The van der Waals surface area contributed by atoms with E-state index < -0.39 is 10.0 Å². The second-order valence-electron chi connectivity index (χ2n) is 6.47. The van der Waals surface area contributed by atoms with Crippen LogP contribution in [0.1, 0.15) is 37.3 Å². The molecule has 0 spiro atoms. The van der Waals surface area contributed by atoms with E-state index in [1.807, 2.05) is 36.4 Å². The van der Waals surface area contributed by atoms with Gasteiger partial charge in [0.05, 0.1) is 11.4 Å². The Kier molecular flexibility index (Phi) is 5.87. The molecule has 1 aromatic heterocycles. The van der Waals surface area contributed by atoms with E-state index in [0.29, 0.717) is 17.5 Å². The summed E-state index contributed by atoms with van der Waals surface area (Å²) in [5.74, 6) is 0.670. The molecular weight excluding hydrogens is 382 g/mol. The third-order valence-electron chi connectivity index (χ3n) is 4.54. The first-order chi connectivity index (χ1) is 12.9. The number of nitrogens with one attached hydrogen (secondary N) is 1. The summed E-state index contributed by atoms with van der Waals surface area (Å²) in [6.07, 6.45) is 2.72. The van der Waals surface area contributed by atoms with E-state index in [0.717, 1.165) is 17.5 Å². The van der Waals surface area contributed by atoms with Gasteiger partial charge in [0.1, 0.15) is 0 Å². The van der Waals surface area contributed by atoms with Crippen LogP contribution in [0.15, 0.2) is 65.7 Å². The molecule has 3 aromatic rings. The number of halogens is 1. The second-order valence-corrected chi connectivity index (χ2v) is 8.56. The van der Waals surface area contributed by atoms with Gasteiger partial charge in [0, 0.05) is 17.3 Å². The van der Waals surface area contributed by atoms with Gasteiger partial charge < -0.3 is 0 Å². The minimum atomic E-state index is -3.68. The van der Waals surface area contributed by atoms with Crippen molar-refractivity contribution in [3.05, 3.63) is 76.9 Å². The molecule has 1 unspecified atom stereocenters. The van der Waals surface area contributed by atoms with Crippen molar-refractivity contribution in [1.82, 2.24) is 9.78 Å². The summed E-state index contributed by atoms with van der Waals surface area (Å²) in [6, 6.07) is 16.1. The molecule has 0 bridgehead atoms. The Bertz CT molecular complexity index is 1010. The van der Waals surface area contributed by atoms with Crippen molar-refractivity contribution >= 4 is 27.4 Å². The average molecular weight is 404 g/mol. The maximum absolute atomic E-state index is 12.6. The first kappa shape index (κ1) is 19.5. The zero-order valence-electron chi connectivity index (χ0n) is 15.3. The van der Waals surface area contributed by atoms with Crippen molar-refractivity contribution in [3.8, 4) is 0 Å². The quantitative estimate of drug-likeness (QED) is 0.610. The normalized spacial score (nSPS) is 12.7. The van der Waals surface area contributed by atoms with E-state index in [1.165, 1.54) is 0 Å². The Morgan fingerprint density at radius 2 is 1.81 bits per heavy atom. The lowest BCUT2D eigenvalue weighted by molar-refractivity contribution is 0.600. The highest BCUT2D eigenvalue weighted by molar-refractivity contribution is 7.92. The van der Waals surface area contributed by atoms with Gasteiger partial charge in [-0.3, -0.25) is 9.40 Å². The van der Waals surface area contributed by atoms with E-state index in [-0.39, 0.29) is 10.7 Å². The first-order valence-electron chi connectivity index (χ1n) is 8.78. The average Bonchev–Trinajstić information content (AvgIpc) is 3.09. The third kappa shape index (κ3) is 4.70. The standard InChI is InChI=1S/C20H22ClN3O2S/c1-3-15(2)16-8-10-18(11-9-16)27(25,26)23-20-12-13-24(22-20)14-17-6-4-5-7-19(17)21/h4-13,15H,3,14H2,1-2H3,(H,22,23). The van der Waals surface area contributed by atoms with Crippen molar-refractivity contribution in [2.45, 2.75) is 37.6 Å². The molecule has 5 nitrogen and oxygen atoms in total. The molecular formula is C20H22ClN3O2S. The van der Waals surface area contributed by atoms with E-state index in [2.05, 4.69) is 23.7 Å². The van der Waals surface area contributed by atoms with Gasteiger partial charge in [0.15, 0.2) is 5.82 Å². The molecule has 142 valence electrons. The fourth-order valence-electron chi connectivity index (χ4n) is 2.71. The molecule has 0 amide bonds. The van der Waals surface area contributed by atoms with E-state index in [9.17, 15) is 8.42 Å². The Morgan fingerprint density at radius 1 is 1.11 bits per heavy atom. The number of benzene rings is 2. The molecule has 0 saturated carbocycles. The van der Waals surface area contributed by atoms with Crippen LogP contribution in [0.5, 0.6) is 0 Å². The second kappa shape index (κ2) is 8.15. The van der Waals surface area contributed by atoms with Crippen molar-refractivity contribution in [1.29, 1.82) is 0 Å². The topological polar surface area (TPSA) is 64.0 Å². The lowest BCUT2D eigenvalue weighted by Gasteiger charge is -2.10. The van der Waals surface area contributed by atoms with E-state index >= 15 is 0 Å². The fraction of sp³-hybridized carbons (Fsp3) is 0.250. The van der Waals surface area contributed by atoms with Crippen LogP contribution in [0.4, 0.5) is 5.82 Å². The Balaban J connectivity index is 1.73. The minimum absolute atomic E-state index is 0.218. The number of nitrogens with zero attached hydrogens (tertiary/aromatic N) is 2. The number of hydrogen-bond donors (Lipinski definition) is 1. The number of rotatable bonds is 7. The number of aromatic nitrogens is 2. The molecule has 27 heavy (non-hydrogen) atoms. The summed E-state index contributed by atoms with van der Waals surface area (Å²) in [6.45, 7) is 4.69. The van der Waals surface area contributed by atoms with Gasteiger partial charge in [0.25, 0.3) is 10.0 Å². The smallest absolute Gasteiger partial charge is 0.263 e. The lowest BCUT2D eigenvalue weighted by Crippen LogP contribution is -2.14. The van der Waals surface area contributed by atoms with Crippen molar-refractivity contribution in [2.75, 3.05) is 4.72 Å². The van der Waals surface area contributed by atoms with Gasteiger partial charge >= 0.3 is 0 Å². The largest absolute Gasteiger partial charge is 0.266 e. The first-order valence-corrected chi connectivity index (χ1v) is 10.6. The van der Waals surface area contributed by atoms with Gasteiger partial charge in [-0.2, -0.15) is 5.10 Å². The Morgan fingerprint density at radius 3 is 2.48 bits per heavy atom. The molecule has 7 heteroatoms. The summed E-state index contributed by atoms with van der Waals surface area (Å²) in [5.41, 5.74) is 2.04. The monoisotopic (exact) mass is 403 g/mol. The molecule has 0 radical (unpaired) electrons. The van der Waals surface area contributed by atoms with Crippen LogP contribution in [0.2, 0.25) is 5.02 Å². The van der Waals surface area contributed by atoms with Gasteiger partial charge in [-0.05, 0) is 41.7 Å². The van der Waals surface area contributed by atoms with Crippen LogP contribution < -0.4 is 4.72 Å². The molecule has 3 rings (SSSR count). The molecule has 0 aliphatic heterocycles. The maximum atomic E-state index is 12.6. The molecule has 0 saturated heterocycles. The summed E-state index contributed by atoms with van der Waals surface area (Å²) in [7, 11) is -3.68. The van der Waals surface area contributed by atoms with E-state index in [1.54, 1.807) is 29.1 Å². The molecule has 1 atom stereocenters. The number of anilines is 1. The predicted molar refractivity (Wildman–Crippen MR) is 109 cm³/mol. The van der Waals surface area contributed by atoms with Crippen LogP contribution >= 0.6 is 11.6 Å². The van der Waals surface area contributed by atoms with E-state index in [4.69, 9.17) is 11.6 Å². The zero-order chi connectivity index (χ0) is 19.4. The molecule has 1 heterocycles. The predicted octanol–water partition coefficient (Wildman–Crippen LogP) is 4.90. The molecule has 0 fully saturated rings. The highest BCUT2D eigenvalue weighted by Crippen LogP contribution is 2.22. The Hall–Kier alpha value is -2.31. The molecule has 0 aliphatic carbocycles. The lowest BCUT2D eigenvalue weighted by atomic mass is 9.99. The van der Waals surface area contributed by atoms with Gasteiger partial charge in [-0.1, -0.05) is 55.8 Å². The van der Waals surface area contributed by atoms with Crippen LogP contribution in [0, 0.1) is 0 Å². The summed E-state index contributed by atoms with van der Waals surface area (Å²) in [5, 5.41) is 4.93. The van der Waals surface area contributed by atoms with Gasteiger partial charge in [0.2, 0.25) is 0 Å². The minimum Gasteiger partial charge on any atom is -0.266 e. The summed E-state index contributed by atoms with van der Waals surface area (Å²) >= 11 is 6.16. The number of hydrogen-bond acceptors (Lipinski definition) is 3. The number of sulfonamides is 1. The maximum Gasteiger partial charge on any atom is 0.263 e. The van der Waals surface area contributed by atoms with Gasteiger partial charge in [-0.25, -0.2) is 8.42 Å². The van der Waals surface area contributed by atoms with Crippen LogP contribution in [0.25, 0.3) is 0 Å². The molecule has 2 aromatic carbocycles. The van der Waals surface area contributed by atoms with Crippen molar-refractivity contribution in [3.63, 3.8) is 0 Å². The third-order valence-corrected chi connectivity index (χ3v) is 6.28. The SMILES string of the molecule is CCC(C)c1ccc(S(=O)(=O)Nc2ccn(Cc3ccccc3Cl)n2)cc1. The van der Waals surface area contributed by atoms with Crippen LogP contribution in [-0.2, 0) is 16.6 Å². The highest BCUT2D eigenvalue weighted by atomic mass is 35.5. The van der Waals surface area contributed by atoms with Crippen LogP contribution in [-0.4, -0.2) is 18.2 Å². The van der Waals surface area contributed by atoms with Crippen molar-refractivity contribution in [2.24, 2.45) is 0 Å². The Labute approximate surface area is 165 Å².